The number of ketones is 1. The highest BCUT2D eigenvalue weighted by atomic mass is 32.1. The average Bonchev–Trinajstić information content (AvgIpc) is 3.39. The molecule has 0 spiro atoms. The first-order chi connectivity index (χ1) is 15.8. The van der Waals surface area contributed by atoms with E-state index in [2.05, 4.69) is 9.94 Å². The number of hydrogen-bond donors (Lipinski definition) is 0. The lowest BCUT2D eigenvalue weighted by Crippen LogP contribution is -2.34. The number of thiophene rings is 1. The van der Waals surface area contributed by atoms with E-state index < -0.39 is 34.9 Å². The molecule has 0 aliphatic rings. The Morgan fingerprint density at radius 2 is 1.59 bits per heavy atom. The van der Waals surface area contributed by atoms with Crippen molar-refractivity contribution in [2.75, 3.05) is 7.05 Å². The molecular formula is C20H13F6N3O4S. The summed E-state index contributed by atoms with van der Waals surface area (Å²) < 4.78 is 75.7. The van der Waals surface area contributed by atoms with Crippen LogP contribution in [-0.4, -0.2) is 51.9 Å². The fourth-order valence-corrected chi connectivity index (χ4v) is 3.67. The second kappa shape index (κ2) is 9.29. The molecule has 0 aliphatic heterocycles. The molecular weight excluding hydrogens is 492 g/mol. The first-order valence-electron chi connectivity index (χ1n) is 9.18. The van der Waals surface area contributed by atoms with Crippen molar-refractivity contribution in [1.29, 1.82) is 0 Å². The van der Waals surface area contributed by atoms with Gasteiger partial charge in [-0.15, -0.1) is 16.4 Å². The summed E-state index contributed by atoms with van der Waals surface area (Å²) in [6.07, 6.45) is -10.4. The number of hydrogen-bond acceptors (Lipinski definition) is 6. The van der Waals surface area contributed by atoms with Gasteiger partial charge in [0.05, 0.1) is 22.0 Å². The minimum absolute atomic E-state index is 0.0109. The van der Waals surface area contributed by atoms with Crippen molar-refractivity contribution < 1.29 is 45.6 Å². The van der Waals surface area contributed by atoms with Crippen LogP contribution in [0.3, 0.4) is 0 Å². The Hall–Kier alpha value is -3.68. The monoisotopic (exact) mass is 505 g/mol. The number of alkyl halides is 6. The van der Waals surface area contributed by atoms with E-state index in [9.17, 15) is 40.7 Å². The fourth-order valence-electron chi connectivity index (χ4n) is 2.71. The minimum Gasteiger partial charge on any atom is -0.335 e. The zero-order chi connectivity index (χ0) is 25.3. The summed E-state index contributed by atoms with van der Waals surface area (Å²) in [5.41, 5.74) is 0.370. The zero-order valence-corrected chi connectivity index (χ0v) is 17.8. The summed E-state index contributed by atoms with van der Waals surface area (Å²) >= 11 is 0.351. The first-order valence-corrected chi connectivity index (χ1v) is 9.99. The van der Waals surface area contributed by atoms with Gasteiger partial charge in [0.15, 0.2) is 0 Å². The molecule has 0 bridgehead atoms. The van der Waals surface area contributed by atoms with Gasteiger partial charge >= 0.3 is 18.3 Å². The Morgan fingerprint density at radius 1 is 0.971 bits per heavy atom. The summed E-state index contributed by atoms with van der Waals surface area (Å²) in [6, 6.07) is 11.1. The van der Waals surface area contributed by atoms with Crippen LogP contribution in [0.25, 0.3) is 11.3 Å². The maximum atomic E-state index is 12.7. The molecule has 3 aromatic rings. The van der Waals surface area contributed by atoms with Crippen LogP contribution in [0, 0.1) is 0 Å². The maximum absolute atomic E-state index is 12.7. The number of Topliss-reactive ketones (excluding diaryl/α,β-unsaturated/α-hetero) is 1. The molecule has 7 nitrogen and oxygen atoms in total. The second-order valence-electron chi connectivity index (χ2n) is 6.79. The van der Waals surface area contributed by atoms with Gasteiger partial charge in [-0.05, 0) is 18.2 Å². The first kappa shape index (κ1) is 25.0. The van der Waals surface area contributed by atoms with Crippen molar-refractivity contribution in [3.05, 3.63) is 64.0 Å². The third-order valence-electron chi connectivity index (χ3n) is 4.24. The van der Waals surface area contributed by atoms with Crippen LogP contribution in [0.5, 0.6) is 0 Å². The molecule has 2 aromatic heterocycles. The van der Waals surface area contributed by atoms with Gasteiger partial charge in [-0.1, -0.05) is 35.2 Å². The lowest BCUT2D eigenvalue weighted by atomic mass is 10.1. The summed E-state index contributed by atoms with van der Waals surface area (Å²) in [5.74, 6) is -5.35. The van der Waals surface area contributed by atoms with Gasteiger partial charge < -0.3 is 9.74 Å². The van der Waals surface area contributed by atoms with Crippen LogP contribution in [0.2, 0.25) is 0 Å². The molecule has 14 heteroatoms. The number of amides is 1. The van der Waals surface area contributed by atoms with Crippen molar-refractivity contribution in [1.82, 2.24) is 14.8 Å². The highest BCUT2D eigenvalue weighted by Crippen LogP contribution is 2.27. The molecule has 0 aliphatic carbocycles. The van der Waals surface area contributed by atoms with E-state index in [1.165, 1.54) is 25.2 Å². The van der Waals surface area contributed by atoms with Gasteiger partial charge in [0, 0.05) is 12.6 Å². The molecule has 180 valence electrons. The SMILES string of the molecule is CN(Cc1cc(-c2ccccc2)n(OC(=O)C(F)(F)F)n1)C(=O)c1ccc(C(=O)C(F)(F)F)s1. The number of carbonyl (C=O) groups excluding carboxylic acids is 3. The van der Waals surface area contributed by atoms with Crippen molar-refractivity contribution >= 4 is 29.0 Å². The van der Waals surface area contributed by atoms with Crippen molar-refractivity contribution in [2.45, 2.75) is 18.9 Å². The smallest absolute Gasteiger partial charge is 0.335 e. The van der Waals surface area contributed by atoms with E-state index in [1.807, 2.05) is 0 Å². The number of aromatic nitrogens is 2. The topological polar surface area (TPSA) is 81.5 Å². The highest BCUT2D eigenvalue weighted by Gasteiger charge is 2.43. The summed E-state index contributed by atoms with van der Waals surface area (Å²) in [5, 5.41) is 3.80. The van der Waals surface area contributed by atoms with Crippen LogP contribution in [0.1, 0.15) is 25.0 Å². The molecule has 1 aromatic carbocycles. The van der Waals surface area contributed by atoms with Crippen molar-refractivity contribution in [3.63, 3.8) is 0 Å². The Bertz CT molecular complexity index is 1220. The molecule has 0 saturated carbocycles. The summed E-state index contributed by atoms with van der Waals surface area (Å²) in [6.45, 7) is -0.296. The zero-order valence-electron chi connectivity index (χ0n) is 17.0. The molecule has 0 fully saturated rings. The predicted molar refractivity (Wildman–Crippen MR) is 106 cm³/mol. The lowest BCUT2D eigenvalue weighted by molar-refractivity contribution is -0.201. The molecule has 0 radical (unpaired) electrons. The standard InChI is InChI=1S/C20H13F6N3O4S/c1-28(17(31)15-8-7-14(34-15)16(30)19(21,22)23)10-12-9-13(11-5-3-2-4-6-11)29(27-12)33-18(32)20(24,25)26/h2-9H,10H2,1H3. The van der Waals surface area contributed by atoms with Gasteiger partial charge in [-0.25, -0.2) is 4.79 Å². The van der Waals surface area contributed by atoms with Crippen molar-refractivity contribution in [2.24, 2.45) is 0 Å². The average molecular weight is 505 g/mol. The normalized spacial score (nSPS) is 11.9. The van der Waals surface area contributed by atoms with Crippen LogP contribution >= 0.6 is 11.3 Å². The van der Waals surface area contributed by atoms with Gasteiger partial charge in [0.25, 0.3) is 11.7 Å². The van der Waals surface area contributed by atoms with E-state index in [0.29, 0.717) is 21.7 Å². The number of halogens is 6. The fraction of sp³-hybridized carbons (Fsp3) is 0.200. The minimum atomic E-state index is -5.28. The Balaban J connectivity index is 1.83. The van der Waals surface area contributed by atoms with E-state index >= 15 is 0 Å². The van der Waals surface area contributed by atoms with Gasteiger partial charge in [0.2, 0.25) is 0 Å². The van der Waals surface area contributed by atoms with Gasteiger partial charge in [-0.3, -0.25) is 9.59 Å². The Kier molecular flexibility index (Phi) is 6.82. The van der Waals surface area contributed by atoms with E-state index in [4.69, 9.17) is 0 Å². The molecule has 0 N–H and O–H groups in total. The number of nitrogens with zero attached hydrogens (tertiary/aromatic N) is 3. The highest BCUT2D eigenvalue weighted by molar-refractivity contribution is 7.16. The maximum Gasteiger partial charge on any atom is 0.493 e. The largest absolute Gasteiger partial charge is 0.493 e. The lowest BCUT2D eigenvalue weighted by Gasteiger charge is -2.14. The Labute approximate surface area is 191 Å². The summed E-state index contributed by atoms with van der Waals surface area (Å²) in [7, 11) is 1.27. The molecule has 3 rings (SSSR count). The number of benzene rings is 1. The molecule has 0 atom stereocenters. The Morgan fingerprint density at radius 3 is 2.18 bits per heavy atom. The van der Waals surface area contributed by atoms with Gasteiger partial charge in [0.1, 0.15) is 5.69 Å². The third kappa shape index (κ3) is 5.62. The molecule has 0 unspecified atom stereocenters. The summed E-state index contributed by atoms with van der Waals surface area (Å²) in [4.78, 5) is 40.1. The van der Waals surface area contributed by atoms with Crippen LogP contribution < -0.4 is 4.84 Å². The quantitative estimate of drug-likeness (QED) is 0.372. The molecule has 0 saturated heterocycles. The van der Waals surface area contributed by atoms with Gasteiger partial charge in [-0.2, -0.15) is 26.3 Å². The predicted octanol–water partition coefficient (Wildman–Crippen LogP) is 4.15. The number of rotatable bonds is 6. The van der Waals surface area contributed by atoms with Crippen LogP contribution in [0.15, 0.2) is 48.5 Å². The van der Waals surface area contributed by atoms with Crippen LogP contribution in [-0.2, 0) is 11.3 Å². The van der Waals surface area contributed by atoms with Crippen molar-refractivity contribution in [3.8, 4) is 11.3 Å². The number of carbonyl (C=O) groups is 3. The third-order valence-corrected chi connectivity index (χ3v) is 5.31. The molecule has 1 amide bonds. The molecule has 2 heterocycles. The van der Waals surface area contributed by atoms with E-state index in [1.54, 1.807) is 18.2 Å². The van der Waals surface area contributed by atoms with Crippen LogP contribution in [0.4, 0.5) is 26.3 Å². The second-order valence-corrected chi connectivity index (χ2v) is 7.87. The van der Waals surface area contributed by atoms with E-state index in [-0.39, 0.29) is 22.8 Å². The van der Waals surface area contributed by atoms with E-state index in [0.717, 1.165) is 17.0 Å². The molecule has 34 heavy (non-hydrogen) atoms.